The van der Waals surface area contributed by atoms with Gasteiger partial charge in [-0.2, -0.15) is 0 Å². The Morgan fingerprint density at radius 1 is 1.25 bits per heavy atom. The molecule has 2 aliphatic rings. The molecule has 1 aromatic rings. The van der Waals surface area contributed by atoms with E-state index < -0.39 is 9.16 Å². The van der Waals surface area contributed by atoms with E-state index in [0.29, 0.717) is 11.2 Å². The minimum atomic E-state index is -2.06. The van der Waals surface area contributed by atoms with Crippen LogP contribution in [0, 0.1) is 5.92 Å². The molecule has 0 amide bonds. The molecular weight excluding hydrogens is 308 g/mol. The van der Waals surface area contributed by atoms with Crippen molar-refractivity contribution < 1.29 is 0 Å². The molecule has 2 atom stereocenters. The summed E-state index contributed by atoms with van der Waals surface area (Å²) in [5.41, 5.74) is 0. The zero-order valence-electron chi connectivity index (χ0n) is 15.2. The summed E-state index contributed by atoms with van der Waals surface area (Å²) in [6.45, 7) is 8.66. The fourth-order valence-corrected chi connectivity index (χ4v) is 11.9. The number of hydrogen-bond donors (Lipinski definition) is 1. The van der Waals surface area contributed by atoms with Crippen molar-refractivity contribution in [2.75, 3.05) is 11.5 Å². The summed E-state index contributed by atoms with van der Waals surface area (Å²) in [6, 6.07) is 11.5. The van der Waals surface area contributed by atoms with Gasteiger partial charge < -0.3 is 0 Å². The first kappa shape index (κ1) is 17.4. The highest BCUT2D eigenvalue weighted by molar-refractivity contribution is 8.53. The van der Waals surface area contributed by atoms with Crippen LogP contribution in [0.4, 0.5) is 0 Å². The molecule has 1 fully saturated rings. The van der Waals surface area contributed by atoms with Crippen LogP contribution in [0.1, 0.15) is 33.1 Å². The molecule has 0 spiro atoms. The average molecular weight is 341 g/mol. The second-order valence-electron chi connectivity index (χ2n) is 7.68. The molecule has 0 radical (unpaired) electrons. The van der Waals surface area contributed by atoms with Crippen molar-refractivity contribution in [3.63, 3.8) is 0 Å². The van der Waals surface area contributed by atoms with Gasteiger partial charge in [0.15, 0.2) is 0 Å². The van der Waals surface area contributed by atoms with Crippen LogP contribution in [-0.2, 0) is 0 Å². The monoisotopic (exact) mass is 340 g/mol. The van der Waals surface area contributed by atoms with Gasteiger partial charge in [-0.05, 0) is 51.7 Å². The molecular formula is C23H32S. The summed E-state index contributed by atoms with van der Waals surface area (Å²) < 4.78 is 0. The summed E-state index contributed by atoms with van der Waals surface area (Å²) in [5, 5.41) is 0.702. The van der Waals surface area contributed by atoms with Crippen molar-refractivity contribution in [2.24, 2.45) is 5.92 Å². The second kappa shape index (κ2) is 6.80. The zero-order chi connectivity index (χ0) is 17.1. The van der Waals surface area contributed by atoms with Crippen LogP contribution in [0.3, 0.4) is 0 Å². The Hall–Kier alpha value is -1.47. The SMILES string of the molecule is C=C/C=C\CC(C)[SH]1(C2=CCC(C)C=C2)(c2ccccc2)CCC1. The van der Waals surface area contributed by atoms with E-state index in [1.807, 2.05) is 6.08 Å². The Morgan fingerprint density at radius 3 is 2.54 bits per heavy atom. The van der Waals surface area contributed by atoms with Crippen LogP contribution in [0.15, 0.2) is 83.2 Å². The van der Waals surface area contributed by atoms with E-state index in [-0.39, 0.29) is 0 Å². The Bertz CT molecular complexity index is 673. The lowest BCUT2D eigenvalue weighted by Crippen LogP contribution is -2.44. The first-order valence-corrected chi connectivity index (χ1v) is 12.0. The van der Waals surface area contributed by atoms with Crippen molar-refractivity contribution in [1.82, 2.24) is 0 Å². The predicted octanol–water partition coefficient (Wildman–Crippen LogP) is 6.52. The average Bonchev–Trinajstić information content (AvgIpc) is 2.57. The molecule has 0 bridgehead atoms. The van der Waals surface area contributed by atoms with Gasteiger partial charge in [-0.1, -0.05) is 87.2 Å². The van der Waals surface area contributed by atoms with Gasteiger partial charge in [0.1, 0.15) is 0 Å². The lowest BCUT2D eigenvalue weighted by molar-refractivity contribution is 0.733. The molecule has 1 heterocycles. The minimum absolute atomic E-state index is 0.683. The second-order valence-corrected chi connectivity index (χ2v) is 13.7. The summed E-state index contributed by atoms with van der Waals surface area (Å²) in [6.07, 6.45) is 17.6. The minimum Gasteiger partial charge on any atom is -0.239 e. The largest absolute Gasteiger partial charge is 0.239 e. The van der Waals surface area contributed by atoms with Gasteiger partial charge >= 0.3 is 0 Å². The van der Waals surface area contributed by atoms with Crippen molar-refractivity contribution in [3.05, 3.63) is 78.3 Å². The smallest absolute Gasteiger partial charge is 0.0168 e. The third kappa shape index (κ3) is 2.54. The molecule has 1 aliphatic heterocycles. The molecule has 0 saturated carbocycles. The number of allylic oxidation sites excluding steroid dienone is 6. The van der Waals surface area contributed by atoms with Crippen LogP contribution in [-0.4, -0.2) is 16.8 Å². The van der Waals surface area contributed by atoms with E-state index in [9.17, 15) is 0 Å². The Balaban J connectivity index is 2.12. The lowest BCUT2D eigenvalue weighted by atomic mass is 10.0. The molecule has 3 rings (SSSR count). The van der Waals surface area contributed by atoms with Crippen molar-refractivity contribution in [2.45, 2.75) is 43.3 Å². The summed E-state index contributed by atoms with van der Waals surface area (Å²) in [5.74, 6) is 3.47. The van der Waals surface area contributed by atoms with Crippen molar-refractivity contribution in [1.29, 1.82) is 0 Å². The van der Waals surface area contributed by atoms with E-state index in [2.05, 4.69) is 81.1 Å². The highest BCUT2D eigenvalue weighted by Gasteiger charge is 2.54. The van der Waals surface area contributed by atoms with Gasteiger partial charge in [0, 0.05) is 0 Å². The molecule has 1 aliphatic carbocycles. The maximum absolute atomic E-state index is 3.83. The van der Waals surface area contributed by atoms with Crippen molar-refractivity contribution in [3.8, 4) is 0 Å². The van der Waals surface area contributed by atoms with E-state index in [1.165, 1.54) is 24.3 Å². The summed E-state index contributed by atoms with van der Waals surface area (Å²) in [4.78, 5) is 3.33. The highest BCUT2D eigenvalue weighted by Crippen LogP contribution is 2.89. The van der Waals surface area contributed by atoms with Gasteiger partial charge in [-0.15, -0.1) is 0 Å². The van der Waals surface area contributed by atoms with Gasteiger partial charge in [-0.25, -0.2) is 9.16 Å². The standard InChI is InChI=1S/C23H32S/c1-4-5-7-11-21(3)24(18-10-19-24,22-12-8-6-9-13-22)23-16-14-20(2)15-17-23/h4-9,12-14,16-17,20-21,24H,1,10-11,15,18-19H2,2-3H3/b7-5-. The molecule has 0 N–H and O–H groups in total. The van der Waals surface area contributed by atoms with Crippen LogP contribution < -0.4 is 0 Å². The molecule has 24 heavy (non-hydrogen) atoms. The van der Waals surface area contributed by atoms with Crippen LogP contribution in [0.25, 0.3) is 0 Å². The molecule has 0 aromatic heterocycles. The molecule has 1 saturated heterocycles. The molecule has 1 heteroatoms. The fourth-order valence-electron chi connectivity index (χ4n) is 4.83. The van der Waals surface area contributed by atoms with Crippen LogP contribution in [0.5, 0.6) is 0 Å². The molecule has 2 unspecified atom stereocenters. The number of thiol groups is 1. The Kier molecular flexibility index (Phi) is 4.92. The maximum atomic E-state index is 3.83. The van der Waals surface area contributed by atoms with E-state index >= 15 is 0 Å². The third-order valence-electron chi connectivity index (χ3n) is 6.49. The van der Waals surface area contributed by atoms with Crippen LogP contribution >= 0.6 is 9.16 Å². The van der Waals surface area contributed by atoms with E-state index in [1.54, 1.807) is 9.80 Å². The first-order chi connectivity index (χ1) is 11.6. The summed E-state index contributed by atoms with van der Waals surface area (Å²) in [7, 11) is -2.06. The lowest BCUT2D eigenvalue weighted by Gasteiger charge is -2.73. The van der Waals surface area contributed by atoms with Gasteiger partial charge in [0.25, 0.3) is 0 Å². The normalized spacial score (nSPS) is 27.5. The summed E-state index contributed by atoms with van der Waals surface area (Å²) >= 11 is 0. The molecule has 130 valence electrons. The molecule has 1 aromatic carbocycles. The number of benzene rings is 1. The predicted molar refractivity (Wildman–Crippen MR) is 112 cm³/mol. The Morgan fingerprint density at radius 2 is 2.00 bits per heavy atom. The maximum Gasteiger partial charge on any atom is -0.0168 e. The van der Waals surface area contributed by atoms with Gasteiger partial charge in [0.2, 0.25) is 0 Å². The first-order valence-electron chi connectivity index (χ1n) is 9.36. The Labute approximate surface area is 148 Å². The van der Waals surface area contributed by atoms with Crippen LogP contribution in [0.2, 0.25) is 0 Å². The quantitative estimate of drug-likeness (QED) is 0.442. The molecule has 0 nitrogen and oxygen atoms in total. The zero-order valence-corrected chi connectivity index (χ0v) is 16.1. The number of rotatable bonds is 6. The highest BCUT2D eigenvalue weighted by atomic mass is 32.3. The third-order valence-corrected chi connectivity index (χ3v) is 14.7. The fraction of sp³-hybridized carbons (Fsp3) is 0.391. The van der Waals surface area contributed by atoms with Gasteiger partial charge in [-0.3, -0.25) is 0 Å². The van der Waals surface area contributed by atoms with Crippen molar-refractivity contribution >= 4 is 9.16 Å². The topological polar surface area (TPSA) is 0 Å². The van der Waals surface area contributed by atoms with Gasteiger partial charge in [0.05, 0.1) is 0 Å². The number of hydrogen-bond acceptors (Lipinski definition) is 0. The van der Waals surface area contributed by atoms with E-state index in [0.717, 1.165) is 6.42 Å². The van der Waals surface area contributed by atoms with E-state index in [4.69, 9.17) is 0 Å².